The quantitative estimate of drug-likeness (QED) is 0.644. The molecule has 1 fully saturated rings. The molecular formula is C26H36N4O4. The van der Waals surface area contributed by atoms with E-state index >= 15 is 0 Å². The van der Waals surface area contributed by atoms with Gasteiger partial charge in [0.15, 0.2) is 0 Å². The fourth-order valence-corrected chi connectivity index (χ4v) is 4.12. The summed E-state index contributed by atoms with van der Waals surface area (Å²) in [6, 6.07) is 7.86. The number of nitrogens with zero attached hydrogens (tertiary/aromatic N) is 3. The van der Waals surface area contributed by atoms with Crippen molar-refractivity contribution < 1.29 is 14.3 Å². The lowest BCUT2D eigenvalue weighted by Crippen LogP contribution is -2.49. The molecule has 8 nitrogen and oxygen atoms in total. The third kappa shape index (κ3) is 6.47. The number of nitrogens with one attached hydrogen (secondary N) is 1. The van der Waals surface area contributed by atoms with Crippen LogP contribution in [0, 0.1) is 5.92 Å². The van der Waals surface area contributed by atoms with Gasteiger partial charge in [0.1, 0.15) is 16.9 Å². The summed E-state index contributed by atoms with van der Waals surface area (Å²) in [6.45, 7) is 11.6. The molecule has 2 heterocycles. The Labute approximate surface area is 201 Å². The third-order valence-electron chi connectivity index (χ3n) is 5.75. The van der Waals surface area contributed by atoms with Crippen LogP contribution in [0.5, 0.6) is 5.75 Å². The fraction of sp³-hybridized carbons (Fsp3) is 0.500. The molecule has 3 rings (SSSR count). The van der Waals surface area contributed by atoms with E-state index < -0.39 is 11.3 Å². The molecule has 0 spiro atoms. The van der Waals surface area contributed by atoms with E-state index in [9.17, 15) is 14.4 Å². The Morgan fingerprint density at radius 2 is 1.71 bits per heavy atom. The van der Waals surface area contributed by atoms with E-state index in [1.807, 2.05) is 32.0 Å². The van der Waals surface area contributed by atoms with Gasteiger partial charge in [-0.05, 0) is 37.5 Å². The number of methoxy groups -OCH3 is 1. The van der Waals surface area contributed by atoms with Crippen LogP contribution in [0.2, 0.25) is 0 Å². The highest BCUT2D eigenvalue weighted by Crippen LogP contribution is 2.16. The van der Waals surface area contributed by atoms with E-state index in [1.54, 1.807) is 29.0 Å². The van der Waals surface area contributed by atoms with Crippen LogP contribution in [0.4, 0.5) is 0 Å². The van der Waals surface area contributed by atoms with Crippen LogP contribution in [0.15, 0.2) is 41.5 Å². The topological polar surface area (TPSA) is 83.9 Å². The van der Waals surface area contributed by atoms with Crippen LogP contribution in [0.3, 0.4) is 0 Å². The molecular weight excluding hydrogens is 432 g/mol. The zero-order valence-corrected chi connectivity index (χ0v) is 20.8. The van der Waals surface area contributed by atoms with Gasteiger partial charge in [-0.15, -0.1) is 0 Å². The largest absolute Gasteiger partial charge is 0.497 e. The number of hydrogen-bond acceptors (Lipinski definition) is 5. The van der Waals surface area contributed by atoms with E-state index in [4.69, 9.17) is 4.74 Å². The Kier molecular flexibility index (Phi) is 8.50. The molecule has 184 valence electrons. The monoisotopic (exact) mass is 468 g/mol. The van der Waals surface area contributed by atoms with Crippen molar-refractivity contribution in [3.8, 4) is 5.75 Å². The molecule has 1 aliphatic heterocycles. The summed E-state index contributed by atoms with van der Waals surface area (Å²) < 4.78 is 7.09. The first kappa shape index (κ1) is 25.5. The second-order valence-corrected chi connectivity index (χ2v) is 9.55. The molecule has 0 aliphatic carbocycles. The van der Waals surface area contributed by atoms with Crippen molar-refractivity contribution >= 4 is 11.8 Å². The standard InChI is InChI=1S/C26H36N4O4/c1-18(2)14-29-16-22(25(32)27-19(3)4)24(31)23(17-29)26(33)30-11-9-28(10-12-30)15-20-7-6-8-21(13-20)34-5/h6-8,13,16-19H,9-12,14-15H2,1-5H3,(H,27,32). The van der Waals surface area contributed by atoms with Crippen LogP contribution >= 0.6 is 0 Å². The maximum Gasteiger partial charge on any atom is 0.259 e. The van der Waals surface area contributed by atoms with Gasteiger partial charge in [0.05, 0.1) is 7.11 Å². The van der Waals surface area contributed by atoms with Crippen molar-refractivity contribution in [3.05, 3.63) is 63.6 Å². The number of carbonyl (C=O) groups is 2. The average molecular weight is 469 g/mol. The summed E-state index contributed by atoms with van der Waals surface area (Å²) >= 11 is 0. The van der Waals surface area contributed by atoms with Gasteiger partial charge in [-0.25, -0.2) is 0 Å². The Hall–Kier alpha value is -3.13. The van der Waals surface area contributed by atoms with Gasteiger partial charge in [0.2, 0.25) is 5.43 Å². The number of piperazine rings is 1. The van der Waals surface area contributed by atoms with Crippen LogP contribution in [0.1, 0.15) is 54.0 Å². The molecule has 8 heteroatoms. The van der Waals surface area contributed by atoms with Crippen LogP contribution in [0.25, 0.3) is 0 Å². The number of carbonyl (C=O) groups excluding carboxylic acids is 2. The van der Waals surface area contributed by atoms with E-state index in [0.29, 0.717) is 38.6 Å². The lowest BCUT2D eigenvalue weighted by molar-refractivity contribution is 0.0626. The number of aromatic nitrogens is 1. The first-order chi connectivity index (χ1) is 16.2. The van der Waals surface area contributed by atoms with Gasteiger partial charge in [-0.1, -0.05) is 26.0 Å². The molecule has 1 aliphatic rings. The van der Waals surface area contributed by atoms with Crippen LogP contribution < -0.4 is 15.5 Å². The smallest absolute Gasteiger partial charge is 0.259 e. The summed E-state index contributed by atoms with van der Waals surface area (Å²) in [5.74, 6) is 0.356. The zero-order valence-electron chi connectivity index (χ0n) is 20.8. The summed E-state index contributed by atoms with van der Waals surface area (Å²) in [7, 11) is 1.65. The molecule has 2 aromatic rings. The maximum absolute atomic E-state index is 13.3. The third-order valence-corrected chi connectivity index (χ3v) is 5.75. The number of ether oxygens (including phenoxy) is 1. The number of rotatable bonds is 8. The second kappa shape index (κ2) is 11.3. The number of hydrogen-bond donors (Lipinski definition) is 1. The first-order valence-corrected chi connectivity index (χ1v) is 11.9. The number of pyridine rings is 1. The average Bonchev–Trinajstić information content (AvgIpc) is 2.79. The predicted molar refractivity (Wildman–Crippen MR) is 132 cm³/mol. The molecule has 1 saturated heterocycles. The van der Waals surface area contributed by atoms with Crippen molar-refractivity contribution in [2.24, 2.45) is 5.92 Å². The summed E-state index contributed by atoms with van der Waals surface area (Å²) in [4.78, 5) is 43.1. The van der Waals surface area contributed by atoms with Gasteiger partial charge < -0.3 is 19.5 Å². The molecule has 0 radical (unpaired) electrons. The molecule has 0 atom stereocenters. The molecule has 1 N–H and O–H groups in total. The lowest BCUT2D eigenvalue weighted by Gasteiger charge is -2.34. The summed E-state index contributed by atoms with van der Waals surface area (Å²) in [5.41, 5.74) is 0.705. The van der Waals surface area contributed by atoms with E-state index in [2.05, 4.69) is 30.1 Å². The number of amides is 2. The van der Waals surface area contributed by atoms with Crippen LogP contribution in [-0.4, -0.2) is 65.5 Å². The summed E-state index contributed by atoms with van der Waals surface area (Å²) in [5, 5.41) is 2.77. The van der Waals surface area contributed by atoms with Gasteiger partial charge >= 0.3 is 0 Å². The molecule has 0 saturated carbocycles. The molecule has 0 unspecified atom stereocenters. The highest BCUT2D eigenvalue weighted by molar-refractivity contribution is 5.99. The predicted octanol–water partition coefficient (Wildman–Crippen LogP) is 2.61. The fourth-order valence-electron chi connectivity index (χ4n) is 4.12. The minimum atomic E-state index is -0.512. The normalized spacial score (nSPS) is 14.5. The maximum atomic E-state index is 13.3. The van der Waals surface area contributed by atoms with Crippen molar-refractivity contribution in [1.29, 1.82) is 0 Å². The second-order valence-electron chi connectivity index (χ2n) is 9.55. The zero-order chi connectivity index (χ0) is 24.8. The highest BCUT2D eigenvalue weighted by Gasteiger charge is 2.26. The van der Waals surface area contributed by atoms with Crippen molar-refractivity contribution in [2.75, 3.05) is 33.3 Å². The van der Waals surface area contributed by atoms with E-state index in [0.717, 1.165) is 17.9 Å². The number of benzene rings is 1. The Bertz CT molecular complexity index is 1070. The van der Waals surface area contributed by atoms with Crippen LogP contribution in [-0.2, 0) is 13.1 Å². The Morgan fingerprint density at radius 3 is 2.32 bits per heavy atom. The molecule has 2 amide bonds. The van der Waals surface area contributed by atoms with E-state index in [1.165, 1.54) is 0 Å². The molecule has 0 bridgehead atoms. The summed E-state index contributed by atoms with van der Waals surface area (Å²) in [6.07, 6.45) is 3.16. The van der Waals surface area contributed by atoms with E-state index in [-0.39, 0.29) is 23.1 Å². The highest BCUT2D eigenvalue weighted by atomic mass is 16.5. The minimum absolute atomic E-state index is 0.0110. The van der Waals surface area contributed by atoms with Crippen molar-refractivity contribution in [3.63, 3.8) is 0 Å². The molecule has 34 heavy (non-hydrogen) atoms. The SMILES string of the molecule is COc1cccc(CN2CCN(C(=O)c3cn(CC(C)C)cc(C(=O)NC(C)C)c3=O)CC2)c1. The van der Waals surface area contributed by atoms with Gasteiger partial charge in [0.25, 0.3) is 11.8 Å². The van der Waals surface area contributed by atoms with Crippen molar-refractivity contribution in [1.82, 2.24) is 19.7 Å². The van der Waals surface area contributed by atoms with Gasteiger partial charge in [-0.3, -0.25) is 19.3 Å². The molecule has 1 aromatic heterocycles. The minimum Gasteiger partial charge on any atom is -0.497 e. The Balaban J connectivity index is 1.75. The van der Waals surface area contributed by atoms with Gasteiger partial charge in [-0.2, -0.15) is 0 Å². The van der Waals surface area contributed by atoms with Crippen molar-refractivity contribution in [2.45, 2.75) is 46.8 Å². The van der Waals surface area contributed by atoms with Gasteiger partial charge in [0, 0.05) is 57.7 Å². The Morgan fingerprint density at radius 1 is 1.03 bits per heavy atom. The molecule has 1 aromatic carbocycles. The first-order valence-electron chi connectivity index (χ1n) is 11.9. The lowest BCUT2D eigenvalue weighted by atomic mass is 10.1.